The number of nitrogens with zero attached hydrogens (tertiary/aromatic N) is 2. The highest BCUT2D eigenvalue weighted by molar-refractivity contribution is 7.13. The molecule has 0 aliphatic carbocycles. The fraction of sp³-hybridized carbons (Fsp3) is 0.412. The predicted octanol–water partition coefficient (Wildman–Crippen LogP) is 3.32. The van der Waals surface area contributed by atoms with Crippen LogP contribution in [0.2, 0.25) is 0 Å². The Bertz CT molecular complexity index is 677. The summed E-state index contributed by atoms with van der Waals surface area (Å²) in [6.07, 6.45) is 0.398. The zero-order valence-electron chi connectivity index (χ0n) is 13.8. The lowest BCUT2D eigenvalue weighted by atomic mass is 10.1. The van der Waals surface area contributed by atoms with Crippen LogP contribution in [-0.4, -0.2) is 41.5 Å². The van der Waals surface area contributed by atoms with E-state index < -0.39 is 0 Å². The van der Waals surface area contributed by atoms with Crippen LogP contribution in [0.4, 0.5) is 0 Å². The Labute approximate surface area is 159 Å². The van der Waals surface area contributed by atoms with Crippen molar-refractivity contribution in [2.75, 3.05) is 19.6 Å². The maximum atomic E-state index is 12.4. The Balaban J connectivity index is 0.00000144. The second-order valence-corrected chi connectivity index (χ2v) is 6.74. The van der Waals surface area contributed by atoms with Gasteiger partial charge in [0.1, 0.15) is 5.01 Å². The van der Waals surface area contributed by atoms with Crippen molar-refractivity contribution < 1.29 is 4.79 Å². The highest BCUT2D eigenvalue weighted by Crippen LogP contribution is 2.24. The third-order valence-electron chi connectivity index (χ3n) is 3.87. The molecule has 2 aromatic rings. The molecule has 1 aromatic carbocycles. The molecule has 0 saturated carbocycles. The second kappa shape index (κ2) is 9.37. The summed E-state index contributed by atoms with van der Waals surface area (Å²) in [5.41, 5.74) is 3.22. The van der Waals surface area contributed by atoms with E-state index in [0.29, 0.717) is 12.5 Å². The van der Waals surface area contributed by atoms with E-state index in [9.17, 15) is 4.79 Å². The standard InChI is InChI=1S/C17H21N3OS.2ClH/c1-12-4-3-5-14(8-12)17-19-15(11-22-17)9-16(21)20-7-6-18-13(2)10-20;;/h3-5,8,11,13,18H,6-7,9-10H2,1-2H3;2*1H. The number of amides is 1. The number of rotatable bonds is 3. The molecule has 0 spiro atoms. The average molecular weight is 388 g/mol. The molecule has 1 unspecified atom stereocenters. The lowest BCUT2D eigenvalue weighted by Gasteiger charge is -2.31. The molecule has 1 aliphatic heterocycles. The van der Waals surface area contributed by atoms with Gasteiger partial charge in [-0.3, -0.25) is 4.79 Å². The molecule has 1 N–H and O–H groups in total. The smallest absolute Gasteiger partial charge is 0.228 e. The van der Waals surface area contributed by atoms with Gasteiger partial charge in [0.15, 0.2) is 0 Å². The normalized spacial score (nSPS) is 16.9. The highest BCUT2D eigenvalue weighted by atomic mass is 35.5. The number of benzene rings is 1. The number of piperazine rings is 1. The average Bonchev–Trinajstić information content (AvgIpc) is 2.96. The lowest BCUT2D eigenvalue weighted by Crippen LogP contribution is -2.51. The third kappa shape index (κ3) is 5.18. The topological polar surface area (TPSA) is 45.2 Å². The Kier molecular flexibility index (Phi) is 8.16. The summed E-state index contributed by atoms with van der Waals surface area (Å²) in [5.74, 6) is 0.175. The summed E-state index contributed by atoms with van der Waals surface area (Å²) in [6, 6.07) is 8.68. The third-order valence-corrected chi connectivity index (χ3v) is 4.81. The van der Waals surface area contributed by atoms with Crippen LogP contribution in [0.1, 0.15) is 18.2 Å². The van der Waals surface area contributed by atoms with E-state index in [1.165, 1.54) is 5.56 Å². The van der Waals surface area contributed by atoms with E-state index in [0.717, 1.165) is 35.9 Å². The number of carbonyl (C=O) groups is 1. The summed E-state index contributed by atoms with van der Waals surface area (Å²) in [4.78, 5) is 18.9. The van der Waals surface area contributed by atoms with E-state index in [4.69, 9.17) is 0 Å². The van der Waals surface area contributed by atoms with Gasteiger partial charge in [0.2, 0.25) is 5.91 Å². The number of carbonyl (C=O) groups excluding carboxylic acids is 1. The van der Waals surface area contributed by atoms with E-state index in [-0.39, 0.29) is 30.7 Å². The SMILES string of the molecule is Cc1cccc(-c2nc(CC(=O)N3CCNC(C)C3)cs2)c1.Cl.Cl. The minimum absolute atomic E-state index is 0. The first-order valence-corrected chi connectivity index (χ1v) is 8.52. The van der Waals surface area contributed by atoms with Gasteiger partial charge in [0, 0.05) is 36.6 Å². The van der Waals surface area contributed by atoms with Gasteiger partial charge in [-0.05, 0) is 19.9 Å². The molecule has 2 heterocycles. The molecule has 1 atom stereocenters. The number of nitrogens with one attached hydrogen (secondary N) is 1. The Morgan fingerprint density at radius 2 is 2.21 bits per heavy atom. The maximum Gasteiger partial charge on any atom is 0.228 e. The quantitative estimate of drug-likeness (QED) is 0.878. The van der Waals surface area contributed by atoms with E-state index in [2.05, 4.69) is 42.3 Å². The number of hydrogen-bond donors (Lipinski definition) is 1. The van der Waals surface area contributed by atoms with Crippen LogP contribution < -0.4 is 5.32 Å². The van der Waals surface area contributed by atoms with Gasteiger partial charge in [-0.15, -0.1) is 36.2 Å². The first-order valence-electron chi connectivity index (χ1n) is 7.64. The minimum atomic E-state index is 0. The molecule has 24 heavy (non-hydrogen) atoms. The van der Waals surface area contributed by atoms with Crippen molar-refractivity contribution in [1.29, 1.82) is 0 Å². The summed E-state index contributed by atoms with van der Waals surface area (Å²) in [5, 5.41) is 6.34. The van der Waals surface area contributed by atoms with Crippen molar-refractivity contribution in [1.82, 2.24) is 15.2 Å². The summed E-state index contributed by atoms with van der Waals surface area (Å²) in [7, 11) is 0. The van der Waals surface area contributed by atoms with Crippen molar-refractivity contribution >= 4 is 42.1 Å². The van der Waals surface area contributed by atoms with E-state index >= 15 is 0 Å². The zero-order valence-corrected chi connectivity index (χ0v) is 16.3. The molecule has 1 fully saturated rings. The molecular weight excluding hydrogens is 365 g/mol. The van der Waals surface area contributed by atoms with Crippen LogP contribution >= 0.6 is 36.2 Å². The predicted molar refractivity (Wildman–Crippen MR) is 105 cm³/mol. The van der Waals surface area contributed by atoms with Crippen molar-refractivity contribution in [3.63, 3.8) is 0 Å². The van der Waals surface area contributed by atoms with Crippen LogP contribution in [0.25, 0.3) is 10.6 Å². The van der Waals surface area contributed by atoms with Gasteiger partial charge in [-0.1, -0.05) is 23.8 Å². The Morgan fingerprint density at radius 1 is 1.42 bits per heavy atom. The largest absolute Gasteiger partial charge is 0.340 e. The van der Waals surface area contributed by atoms with Gasteiger partial charge in [-0.2, -0.15) is 0 Å². The highest BCUT2D eigenvalue weighted by Gasteiger charge is 2.21. The number of thiazole rings is 1. The molecule has 1 saturated heterocycles. The first-order chi connectivity index (χ1) is 10.6. The number of halogens is 2. The van der Waals surface area contributed by atoms with Gasteiger partial charge in [0.05, 0.1) is 12.1 Å². The lowest BCUT2D eigenvalue weighted by molar-refractivity contribution is -0.131. The van der Waals surface area contributed by atoms with Crippen LogP contribution in [0.5, 0.6) is 0 Å². The molecule has 1 aromatic heterocycles. The van der Waals surface area contributed by atoms with Gasteiger partial charge in [0.25, 0.3) is 0 Å². The molecular formula is C17H23Cl2N3OS. The van der Waals surface area contributed by atoms with Crippen molar-refractivity contribution in [2.24, 2.45) is 0 Å². The van der Waals surface area contributed by atoms with Crippen molar-refractivity contribution in [3.05, 3.63) is 40.9 Å². The monoisotopic (exact) mass is 387 g/mol. The number of hydrogen-bond acceptors (Lipinski definition) is 4. The molecule has 7 heteroatoms. The zero-order chi connectivity index (χ0) is 15.5. The Hall–Kier alpha value is -1.14. The summed E-state index contributed by atoms with van der Waals surface area (Å²) in [6.45, 7) is 6.63. The molecule has 1 aliphatic rings. The molecule has 1 amide bonds. The van der Waals surface area contributed by atoms with Crippen LogP contribution in [-0.2, 0) is 11.2 Å². The van der Waals surface area contributed by atoms with Crippen LogP contribution in [0, 0.1) is 6.92 Å². The Morgan fingerprint density at radius 3 is 2.92 bits per heavy atom. The first kappa shape index (κ1) is 20.9. The van der Waals surface area contributed by atoms with Gasteiger partial charge in [-0.25, -0.2) is 4.98 Å². The minimum Gasteiger partial charge on any atom is -0.340 e. The van der Waals surface area contributed by atoms with E-state index in [1.54, 1.807) is 11.3 Å². The molecule has 0 radical (unpaired) electrons. The maximum absolute atomic E-state index is 12.4. The molecule has 0 bridgehead atoms. The molecule has 4 nitrogen and oxygen atoms in total. The summed E-state index contributed by atoms with van der Waals surface area (Å²) >= 11 is 1.61. The van der Waals surface area contributed by atoms with E-state index in [1.807, 2.05) is 16.3 Å². The molecule has 132 valence electrons. The second-order valence-electron chi connectivity index (χ2n) is 5.89. The number of aryl methyl sites for hydroxylation is 1. The van der Waals surface area contributed by atoms with Gasteiger partial charge < -0.3 is 10.2 Å². The van der Waals surface area contributed by atoms with Crippen molar-refractivity contribution in [3.8, 4) is 10.6 Å². The van der Waals surface area contributed by atoms with Crippen LogP contribution in [0.3, 0.4) is 0 Å². The van der Waals surface area contributed by atoms with Gasteiger partial charge >= 0.3 is 0 Å². The number of aromatic nitrogens is 1. The molecule has 3 rings (SSSR count). The summed E-state index contributed by atoms with van der Waals surface area (Å²) < 4.78 is 0. The van der Waals surface area contributed by atoms with Crippen molar-refractivity contribution in [2.45, 2.75) is 26.3 Å². The fourth-order valence-electron chi connectivity index (χ4n) is 2.72. The van der Waals surface area contributed by atoms with Crippen LogP contribution in [0.15, 0.2) is 29.6 Å². The fourth-order valence-corrected chi connectivity index (χ4v) is 3.54.